The minimum Gasteiger partial charge on any atom is -0.381 e. The van der Waals surface area contributed by atoms with Gasteiger partial charge in [0.05, 0.1) is 4.90 Å². The molecule has 1 fully saturated rings. The maximum absolute atomic E-state index is 13.2. The summed E-state index contributed by atoms with van der Waals surface area (Å²) in [6.07, 6.45) is 1.02. The molecule has 162 valence electrons. The number of hydrogen-bond donors (Lipinski definition) is 2. The topological polar surface area (TPSA) is 74.3 Å². The van der Waals surface area contributed by atoms with Crippen molar-refractivity contribution in [1.29, 1.82) is 0 Å². The number of anilines is 2. The van der Waals surface area contributed by atoms with Crippen LogP contribution in [-0.2, 0) is 10.0 Å². The molecule has 0 bridgehead atoms. The molecule has 0 amide bonds. The van der Waals surface area contributed by atoms with E-state index in [0.29, 0.717) is 12.1 Å². The molecule has 1 aromatic heterocycles. The zero-order chi connectivity index (χ0) is 21.8. The molecule has 1 aliphatic heterocycles. The van der Waals surface area contributed by atoms with Crippen LogP contribution in [0.15, 0.2) is 77.7 Å². The van der Waals surface area contributed by atoms with Crippen LogP contribution in [0.5, 0.6) is 0 Å². The van der Waals surface area contributed by atoms with E-state index < -0.39 is 16.0 Å². The summed E-state index contributed by atoms with van der Waals surface area (Å²) in [5.74, 6) is -0.798. The second-order valence-corrected chi connectivity index (χ2v) is 9.37. The smallest absolute Gasteiger partial charge is 0.263 e. The molecule has 2 aromatic carbocycles. The van der Waals surface area contributed by atoms with Gasteiger partial charge in [0.15, 0.2) is 0 Å². The predicted molar refractivity (Wildman–Crippen MR) is 120 cm³/mol. The number of likely N-dealkylation sites (tertiary alicyclic amines) is 1. The van der Waals surface area contributed by atoms with Gasteiger partial charge in [0.2, 0.25) is 5.95 Å². The van der Waals surface area contributed by atoms with Gasteiger partial charge in [-0.05, 0) is 55.3 Å². The number of halogens is 1. The van der Waals surface area contributed by atoms with Crippen LogP contribution >= 0.6 is 0 Å². The van der Waals surface area contributed by atoms with Crippen LogP contribution in [-0.4, -0.2) is 37.4 Å². The van der Waals surface area contributed by atoms with Crippen LogP contribution in [0.25, 0.3) is 0 Å². The third-order valence-electron chi connectivity index (χ3n) is 5.54. The van der Waals surface area contributed by atoms with E-state index in [1.165, 1.54) is 29.8 Å². The second kappa shape index (κ2) is 9.03. The lowest BCUT2D eigenvalue weighted by molar-refractivity contribution is 0.261. The van der Waals surface area contributed by atoms with Crippen molar-refractivity contribution in [2.24, 2.45) is 0 Å². The lowest BCUT2D eigenvalue weighted by Gasteiger charge is -2.25. The number of rotatable bonds is 7. The first-order valence-electron chi connectivity index (χ1n) is 10.2. The molecular weight excluding hydrogens is 415 g/mol. The monoisotopic (exact) mass is 440 g/mol. The molecule has 8 heteroatoms. The molecule has 0 aliphatic carbocycles. The minimum atomic E-state index is -3.84. The van der Waals surface area contributed by atoms with Crippen molar-refractivity contribution >= 4 is 21.5 Å². The Morgan fingerprint density at radius 2 is 1.77 bits per heavy atom. The summed E-state index contributed by atoms with van der Waals surface area (Å²) in [5, 5.41) is 3.49. The van der Waals surface area contributed by atoms with E-state index in [4.69, 9.17) is 0 Å². The van der Waals surface area contributed by atoms with Crippen LogP contribution in [0.4, 0.5) is 15.9 Å². The van der Waals surface area contributed by atoms with Gasteiger partial charge in [-0.2, -0.15) is 4.39 Å². The van der Waals surface area contributed by atoms with E-state index in [-0.39, 0.29) is 10.7 Å². The highest BCUT2D eigenvalue weighted by molar-refractivity contribution is 7.92. The summed E-state index contributed by atoms with van der Waals surface area (Å²) in [6, 6.07) is 21.6. The van der Waals surface area contributed by atoms with Crippen LogP contribution in [0.3, 0.4) is 0 Å². The molecule has 4 rings (SSSR count). The standard InChI is InChI=1S/C23H25FN4O2S/c1-17(18-6-3-2-4-7-18)28-15-14-20(16-28)25-19-10-12-21(13-11-19)31(29,30)27-23-9-5-8-22(24)26-23/h2-13,17,20,25H,14-16H2,1H3,(H,26,27)/t17-,20?/m0/s1. The van der Waals surface area contributed by atoms with Gasteiger partial charge >= 0.3 is 0 Å². The number of hydrogen-bond acceptors (Lipinski definition) is 5. The molecule has 2 N–H and O–H groups in total. The molecule has 1 saturated heterocycles. The van der Waals surface area contributed by atoms with E-state index in [9.17, 15) is 12.8 Å². The summed E-state index contributed by atoms with van der Waals surface area (Å²) in [4.78, 5) is 6.08. The number of sulfonamides is 1. The summed E-state index contributed by atoms with van der Waals surface area (Å²) in [5.41, 5.74) is 2.17. The molecule has 1 unspecified atom stereocenters. The predicted octanol–water partition coefficient (Wildman–Crippen LogP) is 4.27. The molecule has 0 saturated carbocycles. The zero-order valence-corrected chi connectivity index (χ0v) is 18.0. The molecular formula is C23H25FN4O2S. The van der Waals surface area contributed by atoms with Gasteiger partial charge in [0.25, 0.3) is 10.0 Å². The highest BCUT2D eigenvalue weighted by Crippen LogP contribution is 2.26. The maximum Gasteiger partial charge on any atom is 0.263 e. The van der Waals surface area contributed by atoms with E-state index in [0.717, 1.165) is 31.3 Å². The van der Waals surface area contributed by atoms with E-state index >= 15 is 0 Å². The van der Waals surface area contributed by atoms with Gasteiger partial charge in [-0.25, -0.2) is 13.4 Å². The Morgan fingerprint density at radius 3 is 2.48 bits per heavy atom. The average molecular weight is 441 g/mol. The lowest BCUT2D eigenvalue weighted by atomic mass is 10.1. The van der Waals surface area contributed by atoms with Gasteiger partial charge in [0, 0.05) is 30.9 Å². The number of nitrogens with one attached hydrogen (secondary N) is 2. The number of benzene rings is 2. The molecule has 1 aliphatic rings. The first-order valence-corrected chi connectivity index (χ1v) is 11.7. The van der Waals surface area contributed by atoms with Crippen molar-refractivity contribution in [1.82, 2.24) is 9.88 Å². The first-order chi connectivity index (χ1) is 14.9. The van der Waals surface area contributed by atoms with Crippen LogP contribution in [0.2, 0.25) is 0 Å². The number of aromatic nitrogens is 1. The Morgan fingerprint density at radius 1 is 1.03 bits per heavy atom. The van der Waals surface area contributed by atoms with E-state index in [1.54, 1.807) is 12.1 Å². The molecule has 31 heavy (non-hydrogen) atoms. The number of nitrogens with zero attached hydrogens (tertiary/aromatic N) is 2. The Kier molecular flexibility index (Phi) is 6.20. The van der Waals surface area contributed by atoms with Gasteiger partial charge in [0.1, 0.15) is 5.82 Å². The number of pyridine rings is 1. The van der Waals surface area contributed by atoms with E-state index in [2.05, 4.69) is 51.1 Å². The maximum atomic E-state index is 13.2. The normalized spacial score (nSPS) is 17.9. The van der Waals surface area contributed by atoms with Crippen LogP contribution < -0.4 is 10.0 Å². The summed E-state index contributed by atoms with van der Waals surface area (Å²) < 4.78 is 40.5. The van der Waals surface area contributed by atoms with Crippen molar-refractivity contribution in [2.75, 3.05) is 23.1 Å². The highest BCUT2D eigenvalue weighted by Gasteiger charge is 2.26. The Labute approximate surface area is 182 Å². The Hall–Kier alpha value is -2.97. The summed E-state index contributed by atoms with van der Waals surface area (Å²) >= 11 is 0. The Bertz CT molecular complexity index is 1120. The summed E-state index contributed by atoms with van der Waals surface area (Å²) in [7, 11) is -3.84. The fraction of sp³-hybridized carbons (Fsp3) is 0.261. The molecule has 0 spiro atoms. The molecule has 3 aromatic rings. The zero-order valence-electron chi connectivity index (χ0n) is 17.2. The van der Waals surface area contributed by atoms with E-state index in [1.807, 2.05) is 6.07 Å². The van der Waals surface area contributed by atoms with Gasteiger partial charge in [-0.3, -0.25) is 9.62 Å². The van der Waals surface area contributed by atoms with Crippen molar-refractivity contribution < 1.29 is 12.8 Å². The van der Waals surface area contributed by atoms with Crippen molar-refractivity contribution in [3.63, 3.8) is 0 Å². The van der Waals surface area contributed by atoms with Crippen molar-refractivity contribution in [2.45, 2.75) is 30.3 Å². The quantitative estimate of drug-likeness (QED) is 0.537. The fourth-order valence-electron chi connectivity index (χ4n) is 3.83. The highest BCUT2D eigenvalue weighted by atomic mass is 32.2. The third kappa shape index (κ3) is 5.21. The molecule has 0 radical (unpaired) electrons. The van der Waals surface area contributed by atoms with Crippen molar-refractivity contribution in [3.8, 4) is 0 Å². The molecule has 2 atom stereocenters. The molecule has 2 heterocycles. The van der Waals surface area contributed by atoms with Gasteiger partial charge in [-0.15, -0.1) is 0 Å². The third-order valence-corrected chi connectivity index (χ3v) is 6.91. The lowest BCUT2D eigenvalue weighted by Crippen LogP contribution is -2.28. The second-order valence-electron chi connectivity index (χ2n) is 7.69. The largest absolute Gasteiger partial charge is 0.381 e. The minimum absolute atomic E-state index is 0.0548. The summed E-state index contributed by atoms with van der Waals surface area (Å²) in [6.45, 7) is 4.14. The van der Waals surface area contributed by atoms with Crippen LogP contribution in [0.1, 0.15) is 24.9 Å². The molecule has 6 nitrogen and oxygen atoms in total. The van der Waals surface area contributed by atoms with Gasteiger partial charge < -0.3 is 5.32 Å². The van der Waals surface area contributed by atoms with Crippen molar-refractivity contribution in [3.05, 3.63) is 84.3 Å². The fourth-order valence-corrected chi connectivity index (χ4v) is 4.83. The SMILES string of the molecule is C[C@@H](c1ccccc1)N1CCC(Nc2ccc(S(=O)(=O)Nc3cccc(F)n3)cc2)C1. The van der Waals surface area contributed by atoms with Crippen LogP contribution in [0, 0.1) is 5.95 Å². The van der Waals surface area contributed by atoms with Gasteiger partial charge in [-0.1, -0.05) is 36.4 Å². The average Bonchev–Trinajstić information content (AvgIpc) is 3.22. The first kappa shape index (κ1) is 21.3. The Balaban J connectivity index is 1.36.